The highest BCUT2D eigenvalue weighted by Gasteiger charge is 2.17. The Kier molecular flexibility index (Phi) is 5.79. The summed E-state index contributed by atoms with van der Waals surface area (Å²) < 4.78 is 5.48. The van der Waals surface area contributed by atoms with Gasteiger partial charge in [0, 0.05) is 12.5 Å². The highest BCUT2D eigenvalue weighted by molar-refractivity contribution is 5.00. The smallest absolute Gasteiger partial charge is 0.105 e. The van der Waals surface area contributed by atoms with Crippen LogP contribution in [0.4, 0.5) is 0 Å². The largest absolute Gasteiger partial charge is 0.469 e. The van der Waals surface area contributed by atoms with E-state index in [1.807, 2.05) is 6.07 Å². The number of hydrogen-bond donors (Lipinski definition) is 1. The van der Waals surface area contributed by atoms with Crippen LogP contribution in [0.5, 0.6) is 0 Å². The Labute approximate surface area is 111 Å². The molecule has 1 heterocycles. The standard InChI is InChI=1S/C16H27NO/c1-2-11-17-15(13-16-8-5-12-18-16)10-9-14-6-3-4-7-14/h5,8,12,14-15,17H,2-4,6-7,9-11,13H2,1H3. The second-order valence-corrected chi connectivity index (χ2v) is 5.66. The van der Waals surface area contributed by atoms with Crippen molar-refractivity contribution in [2.75, 3.05) is 6.54 Å². The Morgan fingerprint density at radius 3 is 2.89 bits per heavy atom. The fourth-order valence-electron chi connectivity index (χ4n) is 3.03. The van der Waals surface area contributed by atoms with Gasteiger partial charge in [-0.2, -0.15) is 0 Å². The Hall–Kier alpha value is -0.760. The Balaban J connectivity index is 1.76. The van der Waals surface area contributed by atoms with Gasteiger partial charge in [-0.05, 0) is 43.9 Å². The van der Waals surface area contributed by atoms with E-state index in [0.29, 0.717) is 6.04 Å². The molecule has 2 rings (SSSR count). The zero-order valence-corrected chi connectivity index (χ0v) is 11.7. The summed E-state index contributed by atoms with van der Waals surface area (Å²) in [6.45, 7) is 3.35. The van der Waals surface area contributed by atoms with Crippen LogP contribution in [0.25, 0.3) is 0 Å². The van der Waals surface area contributed by atoms with E-state index < -0.39 is 0 Å². The van der Waals surface area contributed by atoms with E-state index in [4.69, 9.17) is 4.42 Å². The van der Waals surface area contributed by atoms with Gasteiger partial charge in [-0.25, -0.2) is 0 Å². The van der Waals surface area contributed by atoms with Crippen LogP contribution in [0.1, 0.15) is 57.6 Å². The van der Waals surface area contributed by atoms with E-state index in [9.17, 15) is 0 Å². The summed E-state index contributed by atoms with van der Waals surface area (Å²) in [5.41, 5.74) is 0. The van der Waals surface area contributed by atoms with E-state index in [1.165, 1.54) is 44.9 Å². The number of rotatable bonds is 8. The highest BCUT2D eigenvalue weighted by Crippen LogP contribution is 2.29. The minimum Gasteiger partial charge on any atom is -0.469 e. The van der Waals surface area contributed by atoms with Gasteiger partial charge in [0.05, 0.1) is 6.26 Å². The van der Waals surface area contributed by atoms with Gasteiger partial charge < -0.3 is 9.73 Å². The van der Waals surface area contributed by atoms with E-state index >= 15 is 0 Å². The lowest BCUT2D eigenvalue weighted by Crippen LogP contribution is -2.32. The van der Waals surface area contributed by atoms with E-state index in [1.54, 1.807) is 6.26 Å². The van der Waals surface area contributed by atoms with Crippen LogP contribution in [0, 0.1) is 5.92 Å². The maximum absolute atomic E-state index is 5.48. The highest BCUT2D eigenvalue weighted by atomic mass is 16.3. The van der Waals surface area contributed by atoms with Crippen LogP contribution < -0.4 is 5.32 Å². The fraction of sp³-hybridized carbons (Fsp3) is 0.750. The molecule has 1 atom stereocenters. The molecule has 1 saturated carbocycles. The Morgan fingerprint density at radius 1 is 1.39 bits per heavy atom. The lowest BCUT2D eigenvalue weighted by atomic mass is 9.96. The van der Waals surface area contributed by atoms with Crippen molar-refractivity contribution in [1.29, 1.82) is 0 Å². The number of furan rings is 1. The zero-order chi connectivity index (χ0) is 12.6. The quantitative estimate of drug-likeness (QED) is 0.748. The van der Waals surface area contributed by atoms with Gasteiger partial charge in [0.25, 0.3) is 0 Å². The summed E-state index contributed by atoms with van der Waals surface area (Å²) in [6.07, 6.45) is 12.5. The monoisotopic (exact) mass is 249 g/mol. The van der Waals surface area contributed by atoms with Crippen LogP contribution >= 0.6 is 0 Å². The molecule has 0 aromatic carbocycles. The third kappa shape index (κ3) is 4.49. The lowest BCUT2D eigenvalue weighted by molar-refractivity contribution is 0.380. The molecule has 0 spiro atoms. The van der Waals surface area contributed by atoms with E-state index in [2.05, 4.69) is 18.3 Å². The maximum Gasteiger partial charge on any atom is 0.105 e. The first-order chi connectivity index (χ1) is 8.88. The normalized spacial score (nSPS) is 18.3. The molecule has 1 aromatic heterocycles. The van der Waals surface area contributed by atoms with Crippen molar-refractivity contribution in [3.63, 3.8) is 0 Å². The van der Waals surface area contributed by atoms with Crippen molar-refractivity contribution in [3.05, 3.63) is 24.2 Å². The van der Waals surface area contributed by atoms with Gasteiger partial charge in [0.1, 0.15) is 5.76 Å². The second kappa shape index (κ2) is 7.63. The third-order valence-corrected chi connectivity index (χ3v) is 4.11. The molecule has 1 aromatic rings. The summed E-state index contributed by atoms with van der Waals surface area (Å²) in [5.74, 6) is 2.11. The van der Waals surface area contributed by atoms with Crippen molar-refractivity contribution in [1.82, 2.24) is 5.32 Å². The zero-order valence-electron chi connectivity index (χ0n) is 11.7. The van der Waals surface area contributed by atoms with Crippen molar-refractivity contribution in [2.24, 2.45) is 5.92 Å². The molecule has 102 valence electrons. The minimum atomic E-state index is 0.594. The van der Waals surface area contributed by atoms with Crippen LogP contribution in [0.3, 0.4) is 0 Å². The molecule has 2 nitrogen and oxygen atoms in total. The first-order valence-corrected chi connectivity index (χ1v) is 7.64. The van der Waals surface area contributed by atoms with Crippen molar-refractivity contribution in [3.8, 4) is 0 Å². The molecule has 0 bridgehead atoms. The van der Waals surface area contributed by atoms with Gasteiger partial charge in [-0.3, -0.25) is 0 Å². The molecule has 1 fully saturated rings. The summed E-state index contributed by atoms with van der Waals surface area (Å²) >= 11 is 0. The predicted molar refractivity (Wildman–Crippen MR) is 75.7 cm³/mol. The van der Waals surface area contributed by atoms with Crippen LogP contribution in [-0.2, 0) is 6.42 Å². The van der Waals surface area contributed by atoms with Crippen molar-refractivity contribution in [2.45, 2.75) is 64.3 Å². The molecular weight excluding hydrogens is 222 g/mol. The second-order valence-electron chi connectivity index (χ2n) is 5.66. The fourth-order valence-corrected chi connectivity index (χ4v) is 3.03. The third-order valence-electron chi connectivity index (χ3n) is 4.11. The average Bonchev–Trinajstić information content (AvgIpc) is 3.05. The summed E-state index contributed by atoms with van der Waals surface area (Å²) in [6, 6.07) is 4.68. The molecular formula is C16H27NO. The molecule has 0 aliphatic heterocycles. The SMILES string of the molecule is CCCNC(CCC1CCCC1)Cc1ccco1. The number of hydrogen-bond acceptors (Lipinski definition) is 2. The molecule has 1 aliphatic carbocycles. The van der Waals surface area contributed by atoms with Gasteiger partial charge in [0.15, 0.2) is 0 Å². The van der Waals surface area contributed by atoms with E-state index in [0.717, 1.165) is 24.6 Å². The maximum atomic E-state index is 5.48. The van der Waals surface area contributed by atoms with Crippen LogP contribution in [0.15, 0.2) is 22.8 Å². The lowest BCUT2D eigenvalue weighted by Gasteiger charge is -2.19. The van der Waals surface area contributed by atoms with Gasteiger partial charge in [0.2, 0.25) is 0 Å². The molecule has 2 heteroatoms. The van der Waals surface area contributed by atoms with Crippen molar-refractivity contribution < 1.29 is 4.42 Å². The predicted octanol–water partition coefficient (Wildman–Crippen LogP) is 4.16. The minimum absolute atomic E-state index is 0.594. The first kappa shape index (κ1) is 13.7. The Bertz CT molecular complexity index is 301. The average molecular weight is 249 g/mol. The molecule has 0 amide bonds. The summed E-state index contributed by atoms with van der Waals surface area (Å²) in [7, 11) is 0. The summed E-state index contributed by atoms with van der Waals surface area (Å²) in [5, 5.41) is 3.67. The van der Waals surface area contributed by atoms with Gasteiger partial charge >= 0.3 is 0 Å². The van der Waals surface area contributed by atoms with Gasteiger partial charge in [-0.1, -0.05) is 32.6 Å². The van der Waals surface area contributed by atoms with Gasteiger partial charge in [-0.15, -0.1) is 0 Å². The first-order valence-electron chi connectivity index (χ1n) is 7.64. The van der Waals surface area contributed by atoms with Crippen LogP contribution in [-0.4, -0.2) is 12.6 Å². The Morgan fingerprint density at radius 2 is 2.22 bits per heavy atom. The molecule has 18 heavy (non-hydrogen) atoms. The molecule has 1 aliphatic rings. The molecule has 1 unspecified atom stereocenters. The molecule has 0 saturated heterocycles. The van der Waals surface area contributed by atoms with Crippen LogP contribution in [0.2, 0.25) is 0 Å². The molecule has 0 radical (unpaired) electrons. The summed E-state index contributed by atoms with van der Waals surface area (Å²) in [4.78, 5) is 0. The van der Waals surface area contributed by atoms with Crippen molar-refractivity contribution >= 4 is 0 Å². The topological polar surface area (TPSA) is 25.2 Å². The van der Waals surface area contributed by atoms with E-state index in [-0.39, 0.29) is 0 Å². The molecule has 1 N–H and O–H groups in total. The number of nitrogens with one attached hydrogen (secondary N) is 1.